The minimum atomic E-state index is -1.33. The Morgan fingerprint density at radius 2 is 1.63 bits per heavy atom. The molecule has 1 aliphatic rings. The fourth-order valence-electron chi connectivity index (χ4n) is 4.11. The minimum absolute atomic E-state index is 0.00693. The number of carbonyl (C=O) groups is 2. The quantitative estimate of drug-likeness (QED) is 0.607. The monoisotopic (exact) mass is 409 g/mol. The maximum atomic E-state index is 13.5. The third kappa shape index (κ3) is 2.58. The molecule has 0 fully saturated rings. The highest BCUT2D eigenvalue weighted by Gasteiger charge is 2.51. The maximum absolute atomic E-state index is 13.5. The Morgan fingerprint density at radius 3 is 2.27 bits per heavy atom. The van der Waals surface area contributed by atoms with Crippen LogP contribution in [0.25, 0.3) is 11.2 Å². The summed E-state index contributed by atoms with van der Waals surface area (Å²) in [6.45, 7) is 3.71. The van der Waals surface area contributed by atoms with E-state index in [0.29, 0.717) is 12.8 Å². The van der Waals surface area contributed by atoms with E-state index in [-0.39, 0.29) is 29.6 Å². The van der Waals surface area contributed by atoms with Crippen LogP contribution in [0.5, 0.6) is 0 Å². The highest BCUT2D eigenvalue weighted by atomic mass is 16.2. The second-order valence-electron chi connectivity index (χ2n) is 7.89. The van der Waals surface area contributed by atoms with Crippen molar-refractivity contribution in [1.29, 1.82) is 0 Å². The zero-order valence-electron chi connectivity index (χ0n) is 17.4. The van der Waals surface area contributed by atoms with Crippen LogP contribution in [-0.2, 0) is 25.4 Å². The molecule has 9 heteroatoms. The molecule has 1 atom stereocenters. The number of benzene rings is 1. The van der Waals surface area contributed by atoms with E-state index in [2.05, 4.69) is 4.98 Å². The van der Waals surface area contributed by atoms with Gasteiger partial charge >= 0.3 is 5.69 Å². The molecule has 2 aromatic heterocycles. The lowest BCUT2D eigenvalue weighted by atomic mass is 9.81. The molecule has 0 saturated heterocycles. The molecule has 0 bridgehead atoms. The molecule has 0 spiro atoms. The largest absolute Gasteiger partial charge is 0.332 e. The number of imidazole rings is 1. The van der Waals surface area contributed by atoms with Crippen LogP contribution in [0.3, 0.4) is 0 Å². The zero-order chi connectivity index (χ0) is 21.8. The molecule has 1 aliphatic heterocycles. The molecule has 1 aromatic carbocycles. The lowest BCUT2D eigenvalue weighted by molar-refractivity contribution is -0.126. The predicted octanol–water partition coefficient (Wildman–Crippen LogP) is 1.43. The predicted molar refractivity (Wildman–Crippen MR) is 111 cm³/mol. The summed E-state index contributed by atoms with van der Waals surface area (Å²) in [5.41, 5.74) is -1.55. The molecule has 4 rings (SSSR count). The van der Waals surface area contributed by atoms with Gasteiger partial charge in [0.2, 0.25) is 17.8 Å². The summed E-state index contributed by atoms with van der Waals surface area (Å²) in [5, 5.41) is 0. The average molecular weight is 409 g/mol. The van der Waals surface area contributed by atoms with E-state index in [9.17, 15) is 19.2 Å². The van der Waals surface area contributed by atoms with Gasteiger partial charge in [-0.15, -0.1) is 0 Å². The van der Waals surface area contributed by atoms with Crippen molar-refractivity contribution in [3.8, 4) is 0 Å². The van der Waals surface area contributed by atoms with Crippen LogP contribution in [0.1, 0.15) is 37.0 Å². The summed E-state index contributed by atoms with van der Waals surface area (Å²) in [7, 11) is 2.84. The minimum Gasteiger partial charge on any atom is -0.279 e. The van der Waals surface area contributed by atoms with Gasteiger partial charge in [0.05, 0.1) is 6.54 Å². The summed E-state index contributed by atoms with van der Waals surface area (Å²) in [4.78, 5) is 58.2. The number of nitrogens with zero attached hydrogens (tertiary/aromatic N) is 5. The van der Waals surface area contributed by atoms with Gasteiger partial charge in [0, 0.05) is 14.1 Å². The summed E-state index contributed by atoms with van der Waals surface area (Å²) in [6, 6.07) is 9.36. The van der Waals surface area contributed by atoms with Crippen LogP contribution in [-0.4, -0.2) is 30.5 Å². The number of anilines is 1. The van der Waals surface area contributed by atoms with Gasteiger partial charge in [0.15, 0.2) is 11.2 Å². The van der Waals surface area contributed by atoms with Gasteiger partial charge in [-0.25, -0.2) is 9.36 Å². The zero-order valence-corrected chi connectivity index (χ0v) is 17.4. The van der Waals surface area contributed by atoms with E-state index in [1.54, 1.807) is 6.92 Å². The number of carbonyl (C=O) groups excluding carboxylic acids is 2. The fourth-order valence-corrected chi connectivity index (χ4v) is 4.11. The van der Waals surface area contributed by atoms with Gasteiger partial charge in [-0.05, 0) is 18.9 Å². The summed E-state index contributed by atoms with van der Waals surface area (Å²) in [6.07, 6.45) is 0.951. The van der Waals surface area contributed by atoms with Crippen LogP contribution in [0, 0.1) is 5.41 Å². The van der Waals surface area contributed by atoms with Crippen molar-refractivity contribution in [1.82, 2.24) is 18.7 Å². The molecule has 0 radical (unpaired) electrons. The topological polar surface area (TPSA) is 99.2 Å². The van der Waals surface area contributed by atoms with Crippen molar-refractivity contribution >= 4 is 28.9 Å². The van der Waals surface area contributed by atoms with E-state index >= 15 is 0 Å². The van der Waals surface area contributed by atoms with Gasteiger partial charge in [0.1, 0.15) is 5.41 Å². The molecule has 0 saturated carbocycles. The Morgan fingerprint density at radius 1 is 0.967 bits per heavy atom. The highest BCUT2D eigenvalue weighted by Crippen LogP contribution is 2.38. The SMILES string of the molecule is CCCC1(C)C(=O)N(Cc2ccccc2)c2nc3c(c(=O)n(C)c(=O)n3C)n2C1=O. The summed E-state index contributed by atoms with van der Waals surface area (Å²) < 4.78 is 3.38. The molecule has 1 unspecified atom stereocenters. The Hall–Kier alpha value is -3.49. The van der Waals surface area contributed by atoms with E-state index in [0.717, 1.165) is 10.1 Å². The summed E-state index contributed by atoms with van der Waals surface area (Å²) >= 11 is 0. The molecule has 0 aliphatic carbocycles. The van der Waals surface area contributed by atoms with Crippen molar-refractivity contribution in [2.75, 3.05) is 4.90 Å². The Labute approximate surface area is 172 Å². The van der Waals surface area contributed by atoms with Crippen LogP contribution in [0.4, 0.5) is 5.95 Å². The molecule has 3 aromatic rings. The molecule has 0 N–H and O–H groups in total. The first kappa shape index (κ1) is 19.8. The standard InChI is InChI=1S/C21H23N5O4/c1-5-11-21(2)17(28)25(12-13-9-7-6-8-10-13)19-22-15-14(26(19)18(21)29)16(27)24(4)20(30)23(15)3/h6-10H,5,11-12H2,1-4H3. The highest BCUT2D eigenvalue weighted by molar-refractivity contribution is 6.17. The molecule has 3 heterocycles. The number of aromatic nitrogens is 4. The van der Waals surface area contributed by atoms with Crippen LogP contribution < -0.4 is 16.1 Å². The van der Waals surface area contributed by atoms with E-state index in [1.165, 1.54) is 28.1 Å². The molecule has 1 amide bonds. The first-order valence-corrected chi connectivity index (χ1v) is 9.81. The van der Waals surface area contributed by atoms with Gasteiger partial charge in [0.25, 0.3) is 5.56 Å². The first-order chi connectivity index (χ1) is 14.2. The van der Waals surface area contributed by atoms with Crippen LogP contribution >= 0.6 is 0 Å². The maximum Gasteiger partial charge on any atom is 0.332 e. The number of amides is 1. The summed E-state index contributed by atoms with van der Waals surface area (Å²) in [5.74, 6) is -0.787. The number of aryl methyl sites for hydroxylation is 1. The molecule has 156 valence electrons. The van der Waals surface area contributed by atoms with E-state index in [4.69, 9.17) is 0 Å². The smallest absolute Gasteiger partial charge is 0.279 e. The Balaban J connectivity index is 2.06. The molecule has 30 heavy (non-hydrogen) atoms. The number of hydrogen-bond acceptors (Lipinski definition) is 5. The van der Waals surface area contributed by atoms with Crippen molar-refractivity contribution in [2.24, 2.45) is 19.5 Å². The van der Waals surface area contributed by atoms with Gasteiger partial charge < -0.3 is 0 Å². The third-order valence-corrected chi connectivity index (χ3v) is 5.81. The number of hydrogen-bond donors (Lipinski definition) is 0. The van der Waals surface area contributed by atoms with Crippen molar-refractivity contribution in [3.63, 3.8) is 0 Å². The second kappa shape index (κ2) is 6.79. The van der Waals surface area contributed by atoms with Gasteiger partial charge in [-0.3, -0.25) is 28.4 Å². The van der Waals surface area contributed by atoms with Crippen molar-refractivity contribution < 1.29 is 9.59 Å². The Bertz CT molecular complexity index is 1300. The van der Waals surface area contributed by atoms with Gasteiger partial charge in [-0.1, -0.05) is 43.7 Å². The van der Waals surface area contributed by atoms with E-state index < -0.39 is 22.6 Å². The molecular weight excluding hydrogens is 386 g/mol. The Kier molecular flexibility index (Phi) is 4.48. The average Bonchev–Trinajstić information content (AvgIpc) is 3.14. The third-order valence-electron chi connectivity index (χ3n) is 5.81. The normalized spacial score (nSPS) is 18.9. The number of rotatable bonds is 4. The fraction of sp³-hybridized carbons (Fsp3) is 0.381. The van der Waals surface area contributed by atoms with Crippen LogP contribution in [0.15, 0.2) is 39.9 Å². The molecular formula is C21H23N5O4. The van der Waals surface area contributed by atoms with E-state index in [1.807, 2.05) is 37.3 Å². The van der Waals surface area contributed by atoms with Crippen LogP contribution in [0.2, 0.25) is 0 Å². The van der Waals surface area contributed by atoms with Crippen molar-refractivity contribution in [2.45, 2.75) is 33.2 Å². The number of fused-ring (bicyclic) bond motifs is 3. The second-order valence-corrected chi connectivity index (χ2v) is 7.89. The first-order valence-electron chi connectivity index (χ1n) is 9.81. The van der Waals surface area contributed by atoms with Gasteiger partial charge in [-0.2, -0.15) is 4.98 Å². The van der Waals surface area contributed by atoms with Crippen molar-refractivity contribution in [3.05, 3.63) is 56.7 Å². The lowest BCUT2D eigenvalue weighted by Gasteiger charge is -2.37. The molecule has 9 nitrogen and oxygen atoms in total. The lowest BCUT2D eigenvalue weighted by Crippen LogP contribution is -2.54.